The lowest BCUT2D eigenvalue weighted by Crippen LogP contribution is -2.43. The Labute approximate surface area is 206 Å². The van der Waals surface area contributed by atoms with Crippen LogP contribution in [-0.2, 0) is 22.7 Å². The van der Waals surface area contributed by atoms with Crippen molar-refractivity contribution in [2.24, 2.45) is 5.92 Å². The molecule has 0 radical (unpaired) electrons. The Morgan fingerprint density at radius 2 is 1.77 bits per heavy atom. The average molecular weight is 473 g/mol. The van der Waals surface area contributed by atoms with E-state index in [-0.39, 0.29) is 29.9 Å². The number of hydrogen-bond donors (Lipinski definition) is 1. The lowest BCUT2D eigenvalue weighted by atomic mass is 9.95. The molecule has 3 aromatic rings. The van der Waals surface area contributed by atoms with Gasteiger partial charge in [0.05, 0.1) is 31.2 Å². The largest absolute Gasteiger partial charge is 0.365 e. The predicted molar refractivity (Wildman–Crippen MR) is 133 cm³/mol. The summed E-state index contributed by atoms with van der Waals surface area (Å²) in [5.74, 6) is -0.101. The molecule has 0 spiro atoms. The van der Waals surface area contributed by atoms with Gasteiger partial charge in [-0.3, -0.25) is 9.59 Å². The van der Waals surface area contributed by atoms with Gasteiger partial charge in [0.25, 0.3) is 5.91 Å². The SMILES string of the molecule is Cc1ccc([C@@H]2Cn3cnc(C(=O)N4CCC(C(=O)N[C@@H](C)c5ccccc5)CC4)c3CO2)cc1. The Morgan fingerprint density at radius 3 is 2.49 bits per heavy atom. The molecule has 7 heteroatoms. The number of carbonyl (C=O) groups is 2. The van der Waals surface area contributed by atoms with Gasteiger partial charge in [-0.25, -0.2) is 4.98 Å². The number of rotatable bonds is 5. The van der Waals surface area contributed by atoms with Gasteiger partial charge in [0.2, 0.25) is 5.91 Å². The number of imidazole rings is 1. The minimum absolute atomic E-state index is 0.0378. The van der Waals surface area contributed by atoms with Crippen molar-refractivity contribution in [2.75, 3.05) is 13.1 Å². The summed E-state index contributed by atoms with van der Waals surface area (Å²) in [6.07, 6.45) is 3.01. The van der Waals surface area contributed by atoms with E-state index in [4.69, 9.17) is 4.74 Å². The minimum Gasteiger partial charge on any atom is -0.365 e. The Balaban J connectivity index is 1.17. The zero-order valence-corrected chi connectivity index (χ0v) is 20.3. The van der Waals surface area contributed by atoms with Gasteiger partial charge >= 0.3 is 0 Å². The van der Waals surface area contributed by atoms with Crippen LogP contribution < -0.4 is 5.32 Å². The minimum atomic E-state index is -0.0836. The van der Waals surface area contributed by atoms with Gasteiger partial charge < -0.3 is 19.5 Å². The number of amides is 2. The van der Waals surface area contributed by atoms with E-state index in [1.54, 1.807) is 6.33 Å². The molecule has 0 aliphatic carbocycles. The van der Waals surface area contributed by atoms with Crippen molar-refractivity contribution in [1.29, 1.82) is 0 Å². The number of hydrogen-bond acceptors (Lipinski definition) is 4. The summed E-state index contributed by atoms with van der Waals surface area (Å²) < 4.78 is 8.14. The van der Waals surface area contributed by atoms with Gasteiger partial charge in [0.1, 0.15) is 6.10 Å². The van der Waals surface area contributed by atoms with Crippen LogP contribution in [0.1, 0.15) is 64.8 Å². The number of benzene rings is 2. The Morgan fingerprint density at radius 1 is 1.06 bits per heavy atom. The highest BCUT2D eigenvalue weighted by atomic mass is 16.5. The third kappa shape index (κ3) is 5.00. The quantitative estimate of drug-likeness (QED) is 0.604. The summed E-state index contributed by atoms with van der Waals surface area (Å²) in [4.78, 5) is 32.3. The number of nitrogens with zero attached hydrogens (tertiary/aromatic N) is 3. The van der Waals surface area contributed by atoms with Crippen LogP contribution in [0.25, 0.3) is 0 Å². The highest BCUT2D eigenvalue weighted by Gasteiger charge is 2.32. The average Bonchev–Trinajstić information content (AvgIpc) is 3.32. The number of likely N-dealkylation sites (tertiary alicyclic amines) is 1. The molecular weight excluding hydrogens is 440 g/mol. The van der Waals surface area contributed by atoms with Crippen LogP contribution in [0.3, 0.4) is 0 Å². The summed E-state index contributed by atoms with van der Waals surface area (Å²) in [6, 6.07) is 18.3. The van der Waals surface area contributed by atoms with Gasteiger partial charge in [0.15, 0.2) is 5.69 Å². The smallest absolute Gasteiger partial charge is 0.274 e. The Kier molecular flexibility index (Phi) is 6.68. The van der Waals surface area contributed by atoms with E-state index in [0.717, 1.165) is 16.8 Å². The molecule has 2 aliphatic heterocycles. The number of ether oxygens (including phenoxy) is 1. The molecule has 0 bridgehead atoms. The van der Waals surface area contributed by atoms with E-state index >= 15 is 0 Å². The van der Waals surface area contributed by atoms with Crippen molar-refractivity contribution < 1.29 is 14.3 Å². The third-order valence-electron chi connectivity index (χ3n) is 7.19. The molecule has 2 aromatic carbocycles. The van der Waals surface area contributed by atoms with Crippen LogP contribution in [0.15, 0.2) is 60.9 Å². The maximum Gasteiger partial charge on any atom is 0.274 e. The molecule has 0 saturated carbocycles. The molecule has 35 heavy (non-hydrogen) atoms. The van der Waals surface area contributed by atoms with E-state index in [9.17, 15) is 9.59 Å². The van der Waals surface area contributed by atoms with Crippen LogP contribution in [0.4, 0.5) is 0 Å². The molecule has 7 nitrogen and oxygen atoms in total. The zero-order valence-electron chi connectivity index (χ0n) is 20.3. The van der Waals surface area contributed by atoms with Crippen LogP contribution in [0.5, 0.6) is 0 Å². The zero-order chi connectivity index (χ0) is 24.4. The molecule has 2 aliphatic rings. The normalized spacial score (nSPS) is 19.1. The molecule has 1 aromatic heterocycles. The molecule has 2 atom stereocenters. The molecule has 0 unspecified atom stereocenters. The second kappa shape index (κ2) is 10.0. The van der Waals surface area contributed by atoms with Crippen LogP contribution in [-0.4, -0.2) is 39.4 Å². The Bertz CT molecular complexity index is 1180. The van der Waals surface area contributed by atoms with Crippen molar-refractivity contribution >= 4 is 11.8 Å². The molecule has 1 N–H and O–H groups in total. The van der Waals surface area contributed by atoms with Gasteiger partial charge in [-0.2, -0.15) is 0 Å². The van der Waals surface area contributed by atoms with Crippen molar-refractivity contribution in [3.05, 3.63) is 89.0 Å². The predicted octanol–water partition coefficient (Wildman–Crippen LogP) is 4.19. The number of aryl methyl sites for hydroxylation is 1. The fraction of sp³-hybridized carbons (Fsp3) is 0.393. The van der Waals surface area contributed by atoms with Gasteiger partial charge in [-0.1, -0.05) is 60.2 Å². The molecule has 1 saturated heterocycles. The van der Waals surface area contributed by atoms with Crippen LogP contribution in [0.2, 0.25) is 0 Å². The van der Waals surface area contributed by atoms with Gasteiger partial charge in [-0.05, 0) is 37.8 Å². The number of piperidine rings is 1. The fourth-order valence-corrected chi connectivity index (χ4v) is 4.94. The van der Waals surface area contributed by atoms with Gasteiger partial charge in [-0.15, -0.1) is 0 Å². The maximum absolute atomic E-state index is 13.3. The van der Waals surface area contributed by atoms with E-state index < -0.39 is 0 Å². The monoisotopic (exact) mass is 472 g/mol. The lowest BCUT2D eigenvalue weighted by molar-refractivity contribution is -0.127. The highest BCUT2D eigenvalue weighted by Crippen LogP contribution is 2.29. The summed E-state index contributed by atoms with van der Waals surface area (Å²) >= 11 is 0. The first-order valence-corrected chi connectivity index (χ1v) is 12.4. The van der Waals surface area contributed by atoms with Crippen molar-refractivity contribution in [3.63, 3.8) is 0 Å². The standard InChI is InChI=1S/C28H32N4O3/c1-19-8-10-22(11-9-19)25-16-32-18-29-26(24(32)17-35-25)28(34)31-14-12-23(13-15-31)27(33)30-20(2)21-6-4-3-5-7-21/h3-11,18,20,23,25H,12-17H2,1-2H3,(H,30,33)/t20-,25-/m0/s1. The molecule has 182 valence electrons. The van der Waals surface area contributed by atoms with Crippen LogP contribution in [0, 0.1) is 12.8 Å². The first-order valence-electron chi connectivity index (χ1n) is 12.4. The Hall–Kier alpha value is -3.45. The number of aromatic nitrogens is 2. The fourth-order valence-electron chi connectivity index (χ4n) is 4.94. The topological polar surface area (TPSA) is 76.5 Å². The first-order chi connectivity index (χ1) is 17.0. The molecule has 5 rings (SSSR count). The van der Waals surface area contributed by atoms with E-state index in [1.807, 2.05) is 46.7 Å². The number of nitrogens with one attached hydrogen (secondary N) is 1. The molecule has 2 amide bonds. The lowest BCUT2D eigenvalue weighted by Gasteiger charge is -2.32. The van der Waals surface area contributed by atoms with E-state index in [1.165, 1.54) is 5.56 Å². The number of fused-ring (bicyclic) bond motifs is 1. The van der Waals surface area contributed by atoms with Gasteiger partial charge in [0, 0.05) is 19.0 Å². The molecular formula is C28H32N4O3. The summed E-state index contributed by atoms with van der Waals surface area (Å²) in [5, 5.41) is 3.12. The third-order valence-corrected chi connectivity index (χ3v) is 7.19. The summed E-state index contributed by atoms with van der Waals surface area (Å²) in [7, 11) is 0. The first kappa shape index (κ1) is 23.3. The van der Waals surface area contributed by atoms with Crippen LogP contribution >= 0.6 is 0 Å². The van der Waals surface area contributed by atoms with E-state index in [2.05, 4.69) is 41.5 Å². The van der Waals surface area contributed by atoms with Crippen molar-refractivity contribution in [3.8, 4) is 0 Å². The summed E-state index contributed by atoms with van der Waals surface area (Å²) in [5.41, 5.74) is 4.73. The van der Waals surface area contributed by atoms with Crippen molar-refractivity contribution in [1.82, 2.24) is 19.8 Å². The molecule has 3 heterocycles. The maximum atomic E-state index is 13.3. The molecule has 1 fully saturated rings. The second-order valence-electron chi connectivity index (χ2n) is 9.61. The summed E-state index contributed by atoms with van der Waals surface area (Å²) in [6.45, 7) is 6.17. The highest BCUT2D eigenvalue weighted by molar-refractivity contribution is 5.93. The number of carbonyl (C=O) groups excluding carboxylic acids is 2. The van der Waals surface area contributed by atoms with Crippen molar-refractivity contribution in [2.45, 2.75) is 52.0 Å². The van der Waals surface area contributed by atoms with E-state index in [0.29, 0.717) is 44.8 Å². The second-order valence-corrected chi connectivity index (χ2v) is 9.61.